The number of para-hydroxylation sites is 1. The van der Waals surface area contributed by atoms with Crippen molar-refractivity contribution in [2.24, 2.45) is 11.7 Å². The molecule has 2 saturated heterocycles. The van der Waals surface area contributed by atoms with E-state index in [4.69, 9.17) is 5.73 Å². The predicted octanol–water partition coefficient (Wildman–Crippen LogP) is 1.45. The van der Waals surface area contributed by atoms with E-state index >= 15 is 0 Å². The van der Waals surface area contributed by atoms with Crippen LogP contribution in [0.3, 0.4) is 0 Å². The van der Waals surface area contributed by atoms with Crippen molar-refractivity contribution in [2.45, 2.75) is 101 Å². The molecule has 0 aliphatic carbocycles. The lowest BCUT2D eigenvalue weighted by molar-refractivity contribution is -0.143. The second-order valence-corrected chi connectivity index (χ2v) is 16.2. The molecule has 5 rings (SSSR count). The lowest BCUT2D eigenvalue weighted by Gasteiger charge is -2.32. The van der Waals surface area contributed by atoms with E-state index in [9.17, 15) is 33.6 Å². The van der Waals surface area contributed by atoms with Crippen molar-refractivity contribution < 1.29 is 33.6 Å². The second-order valence-electron chi connectivity index (χ2n) is 15.2. The van der Waals surface area contributed by atoms with Gasteiger partial charge in [0.05, 0.1) is 0 Å². The number of carbonyl (C=O) groups is 7. The van der Waals surface area contributed by atoms with Crippen molar-refractivity contribution in [1.29, 1.82) is 0 Å². The average Bonchev–Trinajstić information content (AvgIpc) is 3.84. The Bertz CT molecular complexity index is 1920. The van der Waals surface area contributed by atoms with Crippen LogP contribution in [0.2, 0.25) is 0 Å². The van der Waals surface area contributed by atoms with Crippen molar-refractivity contribution in [3.63, 3.8) is 0 Å². The second kappa shape index (κ2) is 20.2. The van der Waals surface area contributed by atoms with Gasteiger partial charge < -0.3 is 42.2 Å². The predicted molar refractivity (Wildman–Crippen MR) is 217 cm³/mol. The van der Waals surface area contributed by atoms with Gasteiger partial charge in [0.25, 0.3) is 0 Å². The van der Waals surface area contributed by atoms with Gasteiger partial charge in [0, 0.05) is 42.9 Å². The zero-order valence-corrected chi connectivity index (χ0v) is 33.5. The first-order valence-corrected chi connectivity index (χ1v) is 20.9. The van der Waals surface area contributed by atoms with E-state index in [1.165, 1.54) is 16.7 Å². The van der Waals surface area contributed by atoms with Crippen LogP contribution in [0.25, 0.3) is 10.9 Å². The molecule has 2 fully saturated rings. The minimum atomic E-state index is -1.32. The van der Waals surface area contributed by atoms with Crippen LogP contribution < -0.4 is 32.3 Å². The van der Waals surface area contributed by atoms with Crippen LogP contribution in [-0.4, -0.2) is 106 Å². The first-order valence-electron chi connectivity index (χ1n) is 19.5. The van der Waals surface area contributed by atoms with E-state index < -0.39 is 77.6 Å². The monoisotopic (exact) mass is 802 g/mol. The number of thioether (sulfide) groups is 1. The fraction of sp³-hybridized carbons (Fsp3) is 0.488. The summed E-state index contributed by atoms with van der Waals surface area (Å²) >= 11 is 1.46. The Hall–Kier alpha value is -5.38. The van der Waals surface area contributed by atoms with Gasteiger partial charge in [0.1, 0.15) is 36.3 Å². The van der Waals surface area contributed by atoms with Crippen LogP contribution in [-0.2, 0) is 46.4 Å². The third kappa shape index (κ3) is 11.6. The average molecular weight is 803 g/mol. The van der Waals surface area contributed by atoms with Crippen molar-refractivity contribution in [1.82, 2.24) is 36.5 Å². The number of rotatable bonds is 12. The quantitative estimate of drug-likeness (QED) is 0.142. The van der Waals surface area contributed by atoms with E-state index in [1.54, 1.807) is 6.20 Å². The summed E-state index contributed by atoms with van der Waals surface area (Å²) in [6, 6.07) is 9.87. The Morgan fingerprint density at radius 1 is 0.754 bits per heavy atom. The van der Waals surface area contributed by atoms with Crippen LogP contribution in [0, 0.1) is 5.92 Å². The summed E-state index contributed by atoms with van der Waals surface area (Å²) in [5, 5.41) is 14.9. The zero-order valence-electron chi connectivity index (χ0n) is 32.7. The van der Waals surface area contributed by atoms with Gasteiger partial charge in [0.2, 0.25) is 41.4 Å². The van der Waals surface area contributed by atoms with Crippen LogP contribution in [0.4, 0.5) is 0 Å². The third-order valence-electron chi connectivity index (χ3n) is 10.4. The molecule has 2 aromatic carbocycles. The van der Waals surface area contributed by atoms with E-state index in [0.717, 1.165) is 16.5 Å². The Morgan fingerprint density at radius 2 is 1.35 bits per heavy atom. The fourth-order valence-electron chi connectivity index (χ4n) is 7.40. The number of primary amides is 1. The summed E-state index contributed by atoms with van der Waals surface area (Å²) in [5.41, 5.74) is 7.76. The Labute approximate surface area is 336 Å². The molecule has 0 bridgehead atoms. The van der Waals surface area contributed by atoms with E-state index in [1.807, 2.05) is 74.7 Å². The summed E-state index contributed by atoms with van der Waals surface area (Å²) in [6.45, 7) is 4.06. The van der Waals surface area contributed by atoms with Gasteiger partial charge in [-0.1, -0.05) is 62.4 Å². The Balaban J connectivity index is 1.57. The van der Waals surface area contributed by atoms with Gasteiger partial charge in [-0.3, -0.25) is 33.6 Å². The number of fused-ring (bicyclic) bond motifs is 2. The lowest BCUT2D eigenvalue weighted by Crippen LogP contribution is -2.62. The maximum absolute atomic E-state index is 14.5. The van der Waals surface area contributed by atoms with E-state index in [0.29, 0.717) is 24.2 Å². The molecule has 57 heavy (non-hydrogen) atoms. The number of amides is 7. The number of benzene rings is 2. The molecule has 16 heteroatoms. The molecule has 8 N–H and O–H groups in total. The fourth-order valence-corrected chi connectivity index (χ4v) is 7.87. The molecule has 15 nitrogen and oxygen atoms in total. The standard InChI is InChI=1S/C41H54N8O7S/c1-24(2)20-31-38(53)45-30(17-19-57-3)37(52)44-29(15-16-35(42)50)36(51)46-32(22-26-23-43-28-13-8-7-12-27(26)28)39(54)48-33(21-25-10-5-4-6-11-25)41(56)49-18-9-14-34(49)40(55)47-31/h4-8,10-13,23-24,29-34,43H,9,14-22H2,1-3H3,(H2,42,50)(H,44,52)(H,45,53)(H,46,51)(H,47,55)(H,48,54)/t29-,30-,31-,32-,33-,34+/m0/s1. The molecule has 2 aliphatic rings. The summed E-state index contributed by atoms with van der Waals surface area (Å²) < 4.78 is 0. The Morgan fingerprint density at radius 3 is 2.04 bits per heavy atom. The van der Waals surface area contributed by atoms with Crippen molar-refractivity contribution in [3.05, 3.63) is 71.9 Å². The number of nitrogens with one attached hydrogen (secondary N) is 6. The van der Waals surface area contributed by atoms with Crippen molar-refractivity contribution >= 4 is 64.0 Å². The maximum atomic E-state index is 14.5. The summed E-state index contributed by atoms with van der Waals surface area (Å²) in [5.74, 6) is -3.90. The normalized spacial score (nSPS) is 24.2. The minimum Gasteiger partial charge on any atom is -0.370 e. The molecule has 3 aromatic rings. The van der Waals surface area contributed by atoms with Gasteiger partial charge in [0.15, 0.2) is 0 Å². The smallest absolute Gasteiger partial charge is 0.246 e. The van der Waals surface area contributed by atoms with Crippen LogP contribution in [0.5, 0.6) is 0 Å². The van der Waals surface area contributed by atoms with E-state index in [2.05, 4.69) is 31.6 Å². The number of hydrogen-bond acceptors (Lipinski definition) is 8. The minimum absolute atomic E-state index is 0.00269. The number of nitrogens with zero attached hydrogens (tertiary/aromatic N) is 1. The molecule has 0 radical (unpaired) electrons. The molecule has 6 atom stereocenters. The maximum Gasteiger partial charge on any atom is 0.246 e. The number of hydrogen-bond donors (Lipinski definition) is 7. The number of H-pyrrole nitrogens is 1. The molecule has 0 unspecified atom stereocenters. The highest BCUT2D eigenvalue weighted by Gasteiger charge is 2.40. The zero-order chi connectivity index (χ0) is 41.1. The van der Waals surface area contributed by atoms with Gasteiger partial charge in [-0.15, -0.1) is 0 Å². The third-order valence-corrected chi connectivity index (χ3v) is 11.0. The summed E-state index contributed by atoms with van der Waals surface area (Å²) in [7, 11) is 0. The SMILES string of the molecule is CSCC[C@@H]1NC(=O)[C@H](CC(C)C)NC(=O)[C@H]2CCCN2C(=O)[C@H](Cc2ccccc2)NC(=O)[C@H](Cc2c[nH]c3ccccc23)NC(=O)[C@H](CCC(N)=O)NC1=O. The highest BCUT2D eigenvalue weighted by molar-refractivity contribution is 7.98. The highest BCUT2D eigenvalue weighted by Crippen LogP contribution is 2.23. The van der Waals surface area contributed by atoms with Crippen molar-refractivity contribution in [3.8, 4) is 0 Å². The Kier molecular flexibility index (Phi) is 15.1. The number of nitrogens with two attached hydrogens (primary N) is 1. The van der Waals surface area contributed by atoms with Crippen LogP contribution in [0.1, 0.15) is 63.5 Å². The lowest BCUT2D eigenvalue weighted by atomic mass is 10.00. The molecule has 306 valence electrons. The number of aromatic nitrogens is 1. The van der Waals surface area contributed by atoms with Gasteiger partial charge in [-0.05, 0) is 67.2 Å². The topological polar surface area (TPSA) is 225 Å². The van der Waals surface area contributed by atoms with Crippen LogP contribution >= 0.6 is 11.8 Å². The first-order chi connectivity index (χ1) is 27.3. The van der Waals surface area contributed by atoms with Crippen LogP contribution in [0.15, 0.2) is 60.8 Å². The van der Waals surface area contributed by atoms with Crippen molar-refractivity contribution in [2.75, 3.05) is 18.6 Å². The number of carbonyl (C=O) groups excluding carboxylic acids is 7. The molecule has 2 aliphatic heterocycles. The largest absolute Gasteiger partial charge is 0.370 e. The summed E-state index contributed by atoms with van der Waals surface area (Å²) in [4.78, 5) is 102. The molecular formula is C41H54N8O7S. The molecular weight excluding hydrogens is 749 g/mol. The number of aromatic amines is 1. The van der Waals surface area contributed by atoms with E-state index in [-0.39, 0.29) is 51.0 Å². The summed E-state index contributed by atoms with van der Waals surface area (Å²) in [6.07, 6.45) is 4.58. The molecule has 1 aromatic heterocycles. The first kappa shape index (κ1) is 42.8. The molecule has 0 spiro atoms. The van der Waals surface area contributed by atoms with Gasteiger partial charge in [-0.2, -0.15) is 11.8 Å². The highest BCUT2D eigenvalue weighted by atomic mass is 32.2. The molecule has 3 heterocycles. The molecule has 7 amide bonds. The molecule has 0 saturated carbocycles. The van der Waals surface area contributed by atoms with Gasteiger partial charge >= 0.3 is 0 Å². The van der Waals surface area contributed by atoms with Gasteiger partial charge in [-0.25, -0.2) is 0 Å².